The summed E-state index contributed by atoms with van der Waals surface area (Å²) in [5.74, 6) is -0.569. The van der Waals surface area contributed by atoms with Gasteiger partial charge in [0.15, 0.2) is 5.58 Å². The molecule has 1 aromatic heterocycles. The van der Waals surface area contributed by atoms with Crippen molar-refractivity contribution in [2.75, 3.05) is 43.4 Å². The number of aryl methyl sites for hydroxylation is 2. The molecule has 0 bridgehead atoms. The van der Waals surface area contributed by atoms with Crippen molar-refractivity contribution in [2.45, 2.75) is 19.9 Å². The van der Waals surface area contributed by atoms with Crippen molar-refractivity contribution < 1.29 is 9.21 Å². The van der Waals surface area contributed by atoms with Crippen LogP contribution < -0.4 is 16.0 Å². The number of hydrogen-bond acceptors (Lipinski definition) is 5. The zero-order valence-corrected chi connectivity index (χ0v) is 16.9. The molecule has 0 saturated carbocycles. The predicted octanol–water partition coefficient (Wildman–Crippen LogP) is 2.68. The molecule has 1 fully saturated rings. The number of nitrogens with zero attached hydrogens (tertiary/aromatic N) is 3. The second-order valence-corrected chi connectivity index (χ2v) is 7.58. The van der Waals surface area contributed by atoms with Crippen molar-refractivity contribution in [3.05, 3.63) is 58.6 Å². The van der Waals surface area contributed by atoms with Gasteiger partial charge in [-0.1, -0.05) is 12.1 Å². The first-order valence-corrected chi connectivity index (χ1v) is 9.93. The highest BCUT2D eigenvalue weighted by Crippen LogP contribution is 2.24. The van der Waals surface area contributed by atoms with Crippen LogP contribution in [-0.4, -0.2) is 48.6 Å². The molecular weight excluding hydrogens is 368 g/mol. The van der Waals surface area contributed by atoms with Gasteiger partial charge in [0.2, 0.25) is 5.91 Å². The highest BCUT2D eigenvalue weighted by atomic mass is 16.4. The third kappa shape index (κ3) is 4.19. The van der Waals surface area contributed by atoms with Crippen LogP contribution in [-0.2, 0) is 11.3 Å². The third-order valence-corrected chi connectivity index (χ3v) is 5.46. The molecule has 0 atom stereocenters. The van der Waals surface area contributed by atoms with E-state index in [1.807, 2.05) is 30.3 Å². The molecule has 7 heteroatoms. The van der Waals surface area contributed by atoms with Crippen LogP contribution in [0.15, 0.2) is 51.7 Å². The molecule has 0 spiro atoms. The van der Waals surface area contributed by atoms with Crippen molar-refractivity contribution in [3.8, 4) is 0 Å². The summed E-state index contributed by atoms with van der Waals surface area (Å²) >= 11 is 0. The molecule has 3 aromatic rings. The largest absolute Gasteiger partial charge is 0.419 e. The molecule has 0 radical (unpaired) electrons. The Morgan fingerprint density at radius 1 is 1.10 bits per heavy atom. The number of fused-ring (bicyclic) bond motifs is 1. The average Bonchev–Trinajstić information content (AvgIpc) is 3.02. The van der Waals surface area contributed by atoms with Crippen molar-refractivity contribution >= 4 is 28.4 Å². The van der Waals surface area contributed by atoms with Crippen LogP contribution in [0.2, 0.25) is 0 Å². The minimum Gasteiger partial charge on any atom is -0.408 e. The summed E-state index contributed by atoms with van der Waals surface area (Å²) in [5, 5.41) is 2.94. The van der Waals surface area contributed by atoms with Crippen molar-refractivity contribution in [1.29, 1.82) is 0 Å². The summed E-state index contributed by atoms with van der Waals surface area (Å²) < 4.78 is 6.71. The minimum absolute atomic E-state index is 0.131. The number of benzene rings is 2. The molecule has 4 rings (SSSR count). The van der Waals surface area contributed by atoms with Gasteiger partial charge >= 0.3 is 5.76 Å². The molecule has 0 unspecified atom stereocenters. The maximum Gasteiger partial charge on any atom is 0.419 e. The van der Waals surface area contributed by atoms with E-state index in [0.717, 1.165) is 37.4 Å². The number of amides is 1. The highest BCUT2D eigenvalue weighted by Gasteiger charge is 2.16. The highest BCUT2D eigenvalue weighted by molar-refractivity contribution is 5.91. The number of oxazole rings is 1. The van der Waals surface area contributed by atoms with Gasteiger partial charge in [-0.25, -0.2) is 4.79 Å². The maximum atomic E-state index is 12.4. The van der Waals surface area contributed by atoms with E-state index in [1.54, 1.807) is 6.07 Å². The first-order valence-electron chi connectivity index (χ1n) is 9.93. The van der Waals surface area contributed by atoms with E-state index in [-0.39, 0.29) is 18.9 Å². The lowest BCUT2D eigenvalue weighted by Gasteiger charge is -2.35. The van der Waals surface area contributed by atoms with Gasteiger partial charge in [0.25, 0.3) is 0 Å². The Balaban J connectivity index is 1.39. The van der Waals surface area contributed by atoms with Gasteiger partial charge in [0.05, 0.1) is 5.52 Å². The van der Waals surface area contributed by atoms with E-state index in [9.17, 15) is 9.59 Å². The van der Waals surface area contributed by atoms with Gasteiger partial charge in [-0.3, -0.25) is 9.36 Å². The van der Waals surface area contributed by atoms with Crippen LogP contribution in [0.3, 0.4) is 0 Å². The Bertz CT molecular complexity index is 1080. The van der Waals surface area contributed by atoms with E-state index < -0.39 is 5.76 Å². The number of anilines is 2. The quantitative estimate of drug-likeness (QED) is 0.721. The zero-order chi connectivity index (χ0) is 20.4. The Morgan fingerprint density at radius 3 is 2.62 bits per heavy atom. The zero-order valence-electron chi connectivity index (χ0n) is 16.9. The van der Waals surface area contributed by atoms with E-state index in [0.29, 0.717) is 11.1 Å². The summed E-state index contributed by atoms with van der Waals surface area (Å²) in [5.41, 5.74) is 4.37. The van der Waals surface area contributed by atoms with E-state index in [4.69, 9.17) is 4.42 Å². The lowest BCUT2D eigenvalue weighted by molar-refractivity contribution is -0.116. The molecule has 0 aliphatic carbocycles. The van der Waals surface area contributed by atoms with Gasteiger partial charge in [-0.2, -0.15) is 0 Å². The molecule has 1 saturated heterocycles. The summed E-state index contributed by atoms with van der Waals surface area (Å²) in [6, 6.07) is 13.2. The molecule has 152 valence electrons. The molecule has 1 aliphatic rings. The molecule has 7 nitrogen and oxygen atoms in total. The Kier molecular flexibility index (Phi) is 5.40. The summed E-state index contributed by atoms with van der Waals surface area (Å²) in [6.07, 6.45) is 0.197. The summed E-state index contributed by atoms with van der Waals surface area (Å²) in [4.78, 5) is 29.1. The fourth-order valence-corrected chi connectivity index (χ4v) is 3.80. The standard InChI is InChI=1S/C22H26N4O3/c1-16-15-17(7-8-18(16)25-13-11-24(2)12-14-25)23-21(27)9-10-26-19-5-3-4-6-20(19)29-22(26)28/h3-8,15H,9-14H2,1-2H3,(H,23,27). The van der Waals surface area contributed by atoms with Crippen LogP contribution in [0, 0.1) is 6.92 Å². The second-order valence-electron chi connectivity index (χ2n) is 7.58. The van der Waals surface area contributed by atoms with Crippen molar-refractivity contribution in [3.63, 3.8) is 0 Å². The minimum atomic E-state index is -0.439. The molecule has 1 aliphatic heterocycles. The van der Waals surface area contributed by atoms with Gasteiger partial charge in [-0.05, 0) is 49.9 Å². The molecule has 29 heavy (non-hydrogen) atoms. The SMILES string of the molecule is Cc1cc(NC(=O)CCn2c(=O)oc3ccccc32)ccc1N1CCN(C)CC1. The van der Waals surface area contributed by atoms with Crippen molar-refractivity contribution in [2.24, 2.45) is 0 Å². The van der Waals surface area contributed by atoms with Gasteiger partial charge in [-0.15, -0.1) is 0 Å². The van der Waals surface area contributed by atoms with Gasteiger partial charge in [0.1, 0.15) is 0 Å². The lowest BCUT2D eigenvalue weighted by atomic mass is 10.1. The molecule has 2 heterocycles. The van der Waals surface area contributed by atoms with Crippen LogP contribution >= 0.6 is 0 Å². The van der Waals surface area contributed by atoms with Crippen LogP contribution in [0.1, 0.15) is 12.0 Å². The van der Waals surface area contributed by atoms with Crippen LogP contribution in [0.5, 0.6) is 0 Å². The summed E-state index contributed by atoms with van der Waals surface area (Å²) in [7, 11) is 2.14. The lowest BCUT2D eigenvalue weighted by Crippen LogP contribution is -2.44. The predicted molar refractivity (Wildman–Crippen MR) is 115 cm³/mol. The first-order chi connectivity index (χ1) is 14.0. The number of piperazine rings is 1. The van der Waals surface area contributed by atoms with E-state index >= 15 is 0 Å². The topological polar surface area (TPSA) is 70.7 Å². The van der Waals surface area contributed by atoms with E-state index in [1.165, 1.54) is 10.3 Å². The fourth-order valence-electron chi connectivity index (χ4n) is 3.80. The Labute approximate surface area is 169 Å². The molecule has 1 N–H and O–H groups in total. The number of hydrogen-bond donors (Lipinski definition) is 1. The number of rotatable bonds is 5. The molecular formula is C22H26N4O3. The Hall–Kier alpha value is -3.06. The van der Waals surface area contributed by atoms with Gasteiger partial charge in [0, 0.05) is 50.5 Å². The fraction of sp³-hybridized carbons (Fsp3) is 0.364. The first kappa shape index (κ1) is 19.3. The molecule has 2 aromatic carbocycles. The normalized spacial score (nSPS) is 15.0. The Morgan fingerprint density at radius 2 is 1.86 bits per heavy atom. The number of carbonyl (C=O) groups is 1. The van der Waals surface area contributed by atoms with E-state index in [2.05, 4.69) is 35.2 Å². The monoisotopic (exact) mass is 394 g/mol. The molecule has 1 amide bonds. The van der Waals surface area contributed by atoms with Crippen LogP contribution in [0.4, 0.5) is 11.4 Å². The average molecular weight is 394 g/mol. The van der Waals surface area contributed by atoms with Gasteiger partial charge < -0.3 is 19.5 Å². The maximum absolute atomic E-state index is 12.4. The number of nitrogens with one attached hydrogen (secondary N) is 1. The number of aromatic nitrogens is 1. The number of para-hydroxylation sites is 2. The second kappa shape index (κ2) is 8.13. The smallest absolute Gasteiger partial charge is 0.408 e. The third-order valence-electron chi connectivity index (χ3n) is 5.46. The van der Waals surface area contributed by atoms with Crippen LogP contribution in [0.25, 0.3) is 11.1 Å². The summed E-state index contributed by atoms with van der Waals surface area (Å²) in [6.45, 7) is 6.48. The van der Waals surface area contributed by atoms with Crippen molar-refractivity contribution in [1.82, 2.24) is 9.47 Å². The number of likely N-dealkylation sites (N-methyl/N-ethyl adjacent to an activating group) is 1. The number of carbonyl (C=O) groups excluding carboxylic acids is 1.